The summed E-state index contributed by atoms with van der Waals surface area (Å²) in [6.07, 6.45) is 0. The van der Waals surface area contributed by atoms with Crippen molar-refractivity contribution < 1.29 is 4.79 Å². The Bertz CT molecular complexity index is 246. The van der Waals surface area contributed by atoms with Gasteiger partial charge in [-0.05, 0) is 19.4 Å². The molecule has 0 aliphatic rings. The van der Waals surface area contributed by atoms with Crippen LogP contribution in [0.3, 0.4) is 0 Å². The minimum absolute atomic E-state index is 0.0198. The number of likely N-dealkylation sites (N-methyl/N-ethyl adjacent to an activating group) is 1. The number of rotatable bonds is 5. The fraction of sp³-hybridized carbons (Fsp3) is 0.923. The fourth-order valence-electron chi connectivity index (χ4n) is 2.73. The highest BCUT2D eigenvalue weighted by Crippen LogP contribution is 2.26. The van der Waals surface area contributed by atoms with Gasteiger partial charge in [-0.2, -0.15) is 0 Å². The van der Waals surface area contributed by atoms with Gasteiger partial charge in [0.25, 0.3) is 0 Å². The fourth-order valence-corrected chi connectivity index (χ4v) is 2.73. The van der Waals surface area contributed by atoms with Gasteiger partial charge in [-0.15, -0.1) is 0 Å². The second-order valence-corrected chi connectivity index (χ2v) is 6.12. The van der Waals surface area contributed by atoms with Crippen LogP contribution >= 0.6 is 0 Å². The SMILES string of the molecule is CNC(=O)C(C)CN(C)C(C(C)N)C(C)(C)C. The van der Waals surface area contributed by atoms with Crippen molar-refractivity contribution in [3.63, 3.8) is 0 Å². The third-order valence-corrected chi connectivity index (χ3v) is 3.12. The van der Waals surface area contributed by atoms with Gasteiger partial charge in [0.2, 0.25) is 5.91 Å². The number of hydrogen-bond donors (Lipinski definition) is 2. The van der Waals surface area contributed by atoms with E-state index < -0.39 is 0 Å². The summed E-state index contributed by atoms with van der Waals surface area (Å²) >= 11 is 0. The number of amides is 1. The molecule has 3 atom stereocenters. The Kier molecular flexibility index (Phi) is 6.13. The van der Waals surface area contributed by atoms with E-state index in [2.05, 4.69) is 31.0 Å². The summed E-state index contributed by atoms with van der Waals surface area (Å²) in [5, 5.41) is 2.68. The average molecular weight is 243 g/mol. The van der Waals surface area contributed by atoms with Gasteiger partial charge in [-0.25, -0.2) is 0 Å². The predicted molar refractivity (Wildman–Crippen MR) is 72.8 cm³/mol. The first kappa shape index (κ1) is 16.4. The number of nitrogens with zero attached hydrogens (tertiary/aromatic N) is 1. The van der Waals surface area contributed by atoms with Crippen LogP contribution in [-0.4, -0.2) is 43.5 Å². The molecule has 4 heteroatoms. The molecule has 0 heterocycles. The lowest BCUT2D eigenvalue weighted by atomic mass is 9.81. The topological polar surface area (TPSA) is 58.4 Å². The van der Waals surface area contributed by atoms with Crippen LogP contribution in [0.2, 0.25) is 0 Å². The van der Waals surface area contributed by atoms with Crippen LogP contribution in [0.5, 0.6) is 0 Å². The maximum atomic E-state index is 11.5. The maximum Gasteiger partial charge on any atom is 0.223 e. The van der Waals surface area contributed by atoms with Crippen LogP contribution in [0.25, 0.3) is 0 Å². The lowest BCUT2D eigenvalue weighted by Gasteiger charge is -2.41. The van der Waals surface area contributed by atoms with Crippen molar-refractivity contribution in [1.29, 1.82) is 0 Å². The van der Waals surface area contributed by atoms with Crippen molar-refractivity contribution in [1.82, 2.24) is 10.2 Å². The molecule has 0 aliphatic carbocycles. The molecule has 0 aromatic heterocycles. The second kappa shape index (κ2) is 6.36. The first-order valence-electron chi connectivity index (χ1n) is 6.28. The maximum absolute atomic E-state index is 11.5. The second-order valence-electron chi connectivity index (χ2n) is 6.12. The smallest absolute Gasteiger partial charge is 0.223 e. The van der Waals surface area contributed by atoms with Crippen molar-refractivity contribution in [2.24, 2.45) is 17.1 Å². The highest BCUT2D eigenvalue weighted by atomic mass is 16.1. The van der Waals surface area contributed by atoms with Crippen molar-refractivity contribution in [3.05, 3.63) is 0 Å². The van der Waals surface area contributed by atoms with E-state index in [0.717, 1.165) is 6.54 Å². The molecule has 4 nitrogen and oxygen atoms in total. The number of nitrogens with two attached hydrogens (primary N) is 1. The van der Waals surface area contributed by atoms with Crippen molar-refractivity contribution in [3.8, 4) is 0 Å². The molecular weight excluding hydrogens is 214 g/mol. The standard InChI is InChI=1S/C13H29N3O/c1-9(12(17)15-6)8-16(7)11(10(2)14)13(3,4)5/h9-11H,8,14H2,1-7H3,(H,15,17). The molecule has 3 N–H and O–H groups in total. The first-order chi connectivity index (χ1) is 7.61. The summed E-state index contributed by atoms with van der Waals surface area (Å²) in [5.41, 5.74) is 6.17. The Morgan fingerprint density at radius 1 is 1.35 bits per heavy atom. The van der Waals surface area contributed by atoms with Gasteiger partial charge in [0, 0.05) is 31.6 Å². The van der Waals surface area contributed by atoms with Crippen LogP contribution < -0.4 is 11.1 Å². The minimum atomic E-state index is -0.0198. The Balaban J connectivity index is 4.65. The van der Waals surface area contributed by atoms with E-state index in [9.17, 15) is 4.79 Å². The number of carbonyl (C=O) groups is 1. The van der Waals surface area contributed by atoms with E-state index >= 15 is 0 Å². The molecule has 3 unspecified atom stereocenters. The predicted octanol–water partition coefficient (Wildman–Crippen LogP) is 1.06. The third kappa shape index (κ3) is 5.04. The van der Waals surface area contributed by atoms with E-state index in [4.69, 9.17) is 5.73 Å². The summed E-state index contributed by atoms with van der Waals surface area (Å²) in [7, 11) is 3.71. The van der Waals surface area contributed by atoms with Gasteiger partial charge in [-0.1, -0.05) is 27.7 Å². The Labute approximate surface area is 106 Å². The zero-order valence-corrected chi connectivity index (χ0v) is 12.4. The molecule has 0 aliphatic heterocycles. The number of nitrogens with one attached hydrogen (secondary N) is 1. The summed E-state index contributed by atoms with van der Waals surface area (Å²) in [5.74, 6) is 0.0581. The van der Waals surface area contributed by atoms with E-state index in [0.29, 0.717) is 0 Å². The third-order valence-electron chi connectivity index (χ3n) is 3.12. The normalized spacial score (nSPS) is 17.7. The van der Waals surface area contributed by atoms with Gasteiger partial charge in [-0.3, -0.25) is 4.79 Å². The van der Waals surface area contributed by atoms with Crippen molar-refractivity contribution in [2.75, 3.05) is 20.6 Å². The summed E-state index contributed by atoms with van der Waals surface area (Å²) in [6, 6.07) is 0.339. The van der Waals surface area contributed by atoms with E-state index in [1.54, 1.807) is 7.05 Å². The summed E-state index contributed by atoms with van der Waals surface area (Å²) in [6.45, 7) is 11.2. The van der Waals surface area contributed by atoms with Crippen LogP contribution in [0.1, 0.15) is 34.6 Å². The first-order valence-corrected chi connectivity index (χ1v) is 6.28. The minimum Gasteiger partial charge on any atom is -0.359 e. The lowest BCUT2D eigenvalue weighted by molar-refractivity contribution is -0.124. The quantitative estimate of drug-likeness (QED) is 0.759. The molecule has 0 aromatic carbocycles. The Morgan fingerprint density at radius 2 is 1.82 bits per heavy atom. The summed E-state index contributed by atoms with van der Waals surface area (Å²) in [4.78, 5) is 13.7. The number of carbonyl (C=O) groups excluding carboxylic acids is 1. The van der Waals surface area contributed by atoms with Gasteiger partial charge >= 0.3 is 0 Å². The molecule has 0 saturated carbocycles. The molecule has 17 heavy (non-hydrogen) atoms. The van der Waals surface area contributed by atoms with Gasteiger partial charge in [0.15, 0.2) is 0 Å². The zero-order valence-electron chi connectivity index (χ0n) is 12.4. The molecular formula is C13H29N3O. The molecule has 0 fully saturated rings. The van der Waals surface area contributed by atoms with E-state index in [-0.39, 0.29) is 29.3 Å². The Morgan fingerprint density at radius 3 is 2.12 bits per heavy atom. The van der Waals surface area contributed by atoms with Gasteiger partial charge < -0.3 is 16.0 Å². The van der Waals surface area contributed by atoms with E-state index in [1.807, 2.05) is 20.9 Å². The average Bonchev–Trinajstić information content (AvgIpc) is 2.12. The monoisotopic (exact) mass is 243 g/mol. The van der Waals surface area contributed by atoms with E-state index in [1.165, 1.54) is 0 Å². The largest absolute Gasteiger partial charge is 0.359 e. The molecule has 0 spiro atoms. The van der Waals surface area contributed by atoms with Gasteiger partial charge in [0.1, 0.15) is 0 Å². The van der Waals surface area contributed by atoms with Crippen LogP contribution in [-0.2, 0) is 4.79 Å². The van der Waals surface area contributed by atoms with Crippen LogP contribution in [0.15, 0.2) is 0 Å². The Hall–Kier alpha value is -0.610. The summed E-state index contributed by atoms with van der Waals surface area (Å²) < 4.78 is 0. The highest BCUT2D eigenvalue weighted by molar-refractivity contribution is 5.78. The molecule has 0 radical (unpaired) electrons. The molecule has 0 saturated heterocycles. The van der Waals surface area contributed by atoms with Crippen LogP contribution in [0, 0.1) is 11.3 Å². The molecule has 0 bridgehead atoms. The lowest BCUT2D eigenvalue weighted by Crippen LogP contribution is -2.53. The van der Waals surface area contributed by atoms with Crippen molar-refractivity contribution in [2.45, 2.75) is 46.7 Å². The molecule has 0 rings (SSSR count). The highest BCUT2D eigenvalue weighted by Gasteiger charge is 2.32. The van der Waals surface area contributed by atoms with Gasteiger partial charge in [0.05, 0.1) is 0 Å². The molecule has 0 aromatic rings. The molecule has 102 valence electrons. The van der Waals surface area contributed by atoms with Crippen molar-refractivity contribution >= 4 is 5.91 Å². The van der Waals surface area contributed by atoms with Crippen LogP contribution in [0.4, 0.5) is 0 Å². The zero-order chi connectivity index (χ0) is 13.8. The molecule has 1 amide bonds. The number of hydrogen-bond acceptors (Lipinski definition) is 3.